The lowest BCUT2D eigenvalue weighted by atomic mass is 9.72. The average Bonchev–Trinajstić information content (AvgIpc) is 2.61. The molecule has 1 heterocycles. The number of hydrogen-bond donors (Lipinski definition) is 1. The SMILES string of the molecule is CC1=C(/C=C/C(C)=C/C=C/C(C)=C\C(N)=O)C(C)(C)CC=C1c1cccnc1. The monoisotopic (exact) mass is 374 g/mol. The van der Waals surface area contributed by atoms with E-state index in [2.05, 4.69) is 57.0 Å². The Balaban J connectivity index is 2.26. The molecule has 0 bridgehead atoms. The molecule has 1 aliphatic carbocycles. The highest BCUT2D eigenvalue weighted by Gasteiger charge is 2.27. The Hall–Kier alpha value is -2.94. The van der Waals surface area contributed by atoms with E-state index in [0.29, 0.717) is 0 Å². The number of aromatic nitrogens is 1. The van der Waals surface area contributed by atoms with Gasteiger partial charge in [-0.2, -0.15) is 0 Å². The highest BCUT2D eigenvalue weighted by atomic mass is 16.1. The molecule has 1 aromatic rings. The van der Waals surface area contributed by atoms with Crippen molar-refractivity contribution in [3.05, 3.63) is 94.9 Å². The fraction of sp³-hybridized carbons (Fsp3) is 0.280. The molecule has 0 spiro atoms. The van der Waals surface area contributed by atoms with Crippen LogP contribution in [-0.2, 0) is 4.79 Å². The summed E-state index contributed by atoms with van der Waals surface area (Å²) < 4.78 is 0. The van der Waals surface area contributed by atoms with Crippen LogP contribution in [0.15, 0.2) is 89.4 Å². The lowest BCUT2D eigenvalue weighted by molar-refractivity contribution is -0.113. The summed E-state index contributed by atoms with van der Waals surface area (Å²) in [4.78, 5) is 15.1. The number of nitrogens with two attached hydrogens (primary N) is 1. The van der Waals surface area contributed by atoms with Gasteiger partial charge in [-0.05, 0) is 66.5 Å². The maximum absolute atomic E-state index is 10.9. The second-order valence-corrected chi connectivity index (χ2v) is 7.88. The van der Waals surface area contributed by atoms with Gasteiger partial charge in [0.15, 0.2) is 0 Å². The van der Waals surface area contributed by atoms with Gasteiger partial charge in [-0.1, -0.05) is 61.9 Å². The number of carbonyl (C=O) groups excluding carboxylic acids is 1. The number of carbonyl (C=O) groups is 1. The fourth-order valence-electron chi connectivity index (χ4n) is 3.37. The number of allylic oxidation sites excluding steroid dienone is 11. The first-order chi connectivity index (χ1) is 13.2. The van der Waals surface area contributed by atoms with Gasteiger partial charge >= 0.3 is 0 Å². The molecule has 1 amide bonds. The molecule has 1 aliphatic rings. The van der Waals surface area contributed by atoms with Gasteiger partial charge < -0.3 is 5.73 Å². The highest BCUT2D eigenvalue weighted by Crippen LogP contribution is 2.43. The third kappa shape index (κ3) is 5.78. The predicted octanol–water partition coefficient (Wildman–Crippen LogP) is 5.70. The van der Waals surface area contributed by atoms with Crippen molar-refractivity contribution >= 4 is 11.5 Å². The Morgan fingerprint density at radius 3 is 2.61 bits per heavy atom. The lowest BCUT2D eigenvalue weighted by Crippen LogP contribution is -2.18. The highest BCUT2D eigenvalue weighted by molar-refractivity contribution is 5.86. The van der Waals surface area contributed by atoms with Crippen LogP contribution in [0.3, 0.4) is 0 Å². The maximum atomic E-state index is 10.9. The molecule has 0 unspecified atom stereocenters. The van der Waals surface area contributed by atoms with Crippen molar-refractivity contribution < 1.29 is 4.79 Å². The summed E-state index contributed by atoms with van der Waals surface area (Å²) in [6, 6.07) is 4.09. The van der Waals surface area contributed by atoms with E-state index in [4.69, 9.17) is 5.73 Å². The van der Waals surface area contributed by atoms with Crippen LogP contribution < -0.4 is 5.73 Å². The molecule has 146 valence electrons. The Bertz CT molecular complexity index is 907. The zero-order chi connectivity index (χ0) is 20.7. The van der Waals surface area contributed by atoms with E-state index >= 15 is 0 Å². The smallest absolute Gasteiger partial charge is 0.241 e. The summed E-state index contributed by atoms with van der Waals surface area (Å²) in [5.41, 5.74) is 12.3. The van der Waals surface area contributed by atoms with Gasteiger partial charge in [0.1, 0.15) is 0 Å². The molecule has 1 aromatic heterocycles. The van der Waals surface area contributed by atoms with Gasteiger partial charge in [-0.3, -0.25) is 9.78 Å². The van der Waals surface area contributed by atoms with Crippen molar-refractivity contribution in [3.63, 3.8) is 0 Å². The Kier molecular flexibility index (Phi) is 7.11. The topological polar surface area (TPSA) is 56.0 Å². The second kappa shape index (κ2) is 9.32. The molecule has 0 aliphatic heterocycles. The van der Waals surface area contributed by atoms with E-state index in [9.17, 15) is 4.79 Å². The summed E-state index contributed by atoms with van der Waals surface area (Å²) in [7, 11) is 0. The summed E-state index contributed by atoms with van der Waals surface area (Å²) in [5.74, 6) is -0.429. The number of nitrogens with zero attached hydrogens (tertiary/aromatic N) is 1. The summed E-state index contributed by atoms with van der Waals surface area (Å²) in [5, 5.41) is 0. The summed E-state index contributed by atoms with van der Waals surface area (Å²) in [6.07, 6.45) is 18.7. The van der Waals surface area contributed by atoms with E-state index in [0.717, 1.165) is 23.1 Å². The van der Waals surface area contributed by atoms with E-state index < -0.39 is 5.91 Å². The van der Waals surface area contributed by atoms with Gasteiger partial charge in [-0.15, -0.1) is 0 Å². The molecule has 3 heteroatoms. The Labute approximate surface area is 168 Å². The van der Waals surface area contributed by atoms with E-state index in [1.165, 1.54) is 22.8 Å². The summed E-state index contributed by atoms with van der Waals surface area (Å²) in [6.45, 7) is 10.7. The second-order valence-electron chi connectivity index (χ2n) is 7.88. The van der Waals surface area contributed by atoms with E-state index in [1.807, 2.05) is 37.4 Å². The maximum Gasteiger partial charge on any atom is 0.241 e. The quantitative estimate of drug-likeness (QED) is 0.513. The molecule has 0 aromatic carbocycles. The van der Waals surface area contributed by atoms with Gasteiger partial charge in [0.05, 0.1) is 0 Å². The minimum absolute atomic E-state index is 0.0865. The number of rotatable bonds is 6. The number of hydrogen-bond acceptors (Lipinski definition) is 2. The average molecular weight is 375 g/mol. The van der Waals surface area contributed by atoms with Crippen molar-refractivity contribution in [2.24, 2.45) is 11.1 Å². The molecule has 0 radical (unpaired) electrons. The first-order valence-corrected chi connectivity index (χ1v) is 9.54. The van der Waals surface area contributed by atoms with Gasteiger partial charge in [0.2, 0.25) is 5.91 Å². The predicted molar refractivity (Wildman–Crippen MR) is 118 cm³/mol. The summed E-state index contributed by atoms with van der Waals surface area (Å²) >= 11 is 0. The molecule has 0 saturated heterocycles. The molecule has 0 saturated carbocycles. The Morgan fingerprint density at radius 1 is 1.21 bits per heavy atom. The number of primary amides is 1. The minimum Gasteiger partial charge on any atom is -0.366 e. The van der Waals surface area contributed by atoms with Crippen LogP contribution in [-0.4, -0.2) is 10.9 Å². The van der Waals surface area contributed by atoms with Crippen LogP contribution in [0.25, 0.3) is 5.57 Å². The van der Waals surface area contributed by atoms with Crippen LogP contribution in [0.5, 0.6) is 0 Å². The van der Waals surface area contributed by atoms with Crippen molar-refractivity contribution in [1.82, 2.24) is 4.98 Å². The molecular formula is C25H30N2O. The fourth-order valence-corrected chi connectivity index (χ4v) is 3.37. The zero-order valence-corrected chi connectivity index (χ0v) is 17.5. The third-order valence-corrected chi connectivity index (χ3v) is 4.93. The van der Waals surface area contributed by atoms with Crippen molar-refractivity contribution in [1.29, 1.82) is 0 Å². The molecule has 2 N–H and O–H groups in total. The molecule has 28 heavy (non-hydrogen) atoms. The van der Waals surface area contributed by atoms with Crippen LogP contribution in [0.4, 0.5) is 0 Å². The van der Waals surface area contributed by atoms with E-state index in [1.54, 1.807) is 6.20 Å². The minimum atomic E-state index is -0.429. The van der Waals surface area contributed by atoms with Crippen molar-refractivity contribution in [2.45, 2.75) is 41.0 Å². The first-order valence-electron chi connectivity index (χ1n) is 9.54. The van der Waals surface area contributed by atoms with Crippen LogP contribution >= 0.6 is 0 Å². The lowest BCUT2D eigenvalue weighted by Gasteiger charge is -2.32. The molecule has 2 rings (SSSR count). The standard InChI is InChI=1S/C25H30N2O/c1-18(8-6-9-19(2)16-24(26)28)11-12-23-20(3)22(13-14-25(23,4)5)21-10-7-15-27-17-21/h6-13,15-17H,14H2,1-5H3,(H2,26,28)/b9-6+,12-11+,18-8+,19-16-. The third-order valence-electron chi connectivity index (χ3n) is 4.93. The van der Waals surface area contributed by atoms with E-state index in [-0.39, 0.29) is 5.41 Å². The number of amides is 1. The molecule has 3 nitrogen and oxygen atoms in total. The van der Waals surface area contributed by atoms with Crippen LogP contribution in [0.2, 0.25) is 0 Å². The van der Waals surface area contributed by atoms with Crippen molar-refractivity contribution in [3.8, 4) is 0 Å². The van der Waals surface area contributed by atoms with Gasteiger partial charge in [0, 0.05) is 18.5 Å². The molecule has 0 fully saturated rings. The normalized spacial score (nSPS) is 18.1. The van der Waals surface area contributed by atoms with Gasteiger partial charge in [0.25, 0.3) is 0 Å². The first kappa shape index (κ1) is 21.4. The Morgan fingerprint density at radius 2 is 1.96 bits per heavy atom. The number of pyridine rings is 1. The van der Waals surface area contributed by atoms with Crippen LogP contribution in [0, 0.1) is 5.41 Å². The van der Waals surface area contributed by atoms with Crippen LogP contribution in [0.1, 0.15) is 46.6 Å². The van der Waals surface area contributed by atoms with Gasteiger partial charge in [-0.25, -0.2) is 0 Å². The van der Waals surface area contributed by atoms with Crippen molar-refractivity contribution in [2.75, 3.05) is 0 Å². The molecular weight excluding hydrogens is 344 g/mol. The largest absolute Gasteiger partial charge is 0.366 e. The zero-order valence-electron chi connectivity index (χ0n) is 17.5. The molecule has 0 atom stereocenters.